The van der Waals surface area contributed by atoms with Gasteiger partial charge in [0, 0.05) is 12.6 Å². The van der Waals surface area contributed by atoms with Gasteiger partial charge in [0.05, 0.1) is 0 Å². The zero-order chi connectivity index (χ0) is 21.5. The first kappa shape index (κ1) is 20.8. The smallest absolute Gasteiger partial charge is 0.221 e. The van der Waals surface area contributed by atoms with E-state index < -0.39 is 8.07 Å². The molecule has 1 unspecified atom stereocenters. The van der Waals surface area contributed by atoms with Crippen LogP contribution in [0.1, 0.15) is 5.56 Å². The summed E-state index contributed by atoms with van der Waals surface area (Å²) < 4.78 is 0. The van der Waals surface area contributed by atoms with E-state index in [1.807, 2.05) is 36.4 Å². The molecule has 0 fully saturated rings. The Balaban J connectivity index is 2.05. The highest BCUT2D eigenvalue weighted by Crippen LogP contribution is 2.27. The zero-order valence-corrected chi connectivity index (χ0v) is 18.7. The Kier molecular flexibility index (Phi) is 6.44. The molecule has 1 atom stereocenters. The average Bonchev–Trinajstić information content (AvgIpc) is 2.86. The standard InChI is InChI=1S/C28H27NOSi/c1-29-28(30)27(22-23-14-6-2-7-15-23)31(24-16-8-3-9-17-24,25-18-10-4-11-19-25)26-20-12-5-13-21-26/h2-21,27H,22H2,1H3,(H,29,30). The van der Waals surface area contributed by atoms with Gasteiger partial charge >= 0.3 is 0 Å². The Morgan fingerprint density at radius 2 is 1.00 bits per heavy atom. The van der Waals surface area contributed by atoms with E-state index >= 15 is 0 Å². The van der Waals surface area contributed by atoms with Gasteiger partial charge in [-0.1, -0.05) is 121 Å². The third-order valence-corrected chi connectivity index (χ3v) is 11.3. The molecule has 154 valence electrons. The molecule has 0 aromatic heterocycles. The second-order valence-electron chi connectivity index (χ2n) is 7.76. The van der Waals surface area contributed by atoms with Crippen molar-refractivity contribution in [3.05, 3.63) is 127 Å². The number of benzene rings is 4. The molecule has 0 bridgehead atoms. The van der Waals surface area contributed by atoms with Crippen LogP contribution < -0.4 is 20.9 Å². The molecular formula is C28H27NOSi. The van der Waals surface area contributed by atoms with Crippen LogP contribution >= 0.6 is 0 Å². The Bertz CT molecular complexity index is 1000. The molecule has 2 nitrogen and oxygen atoms in total. The molecule has 0 spiro atoms. The van der Waals surface area contributed by atoms with Crippen molar-refractivity contribution in [2.75, 3.05) is 7.05 Å². The molecule has 3 heteroatoms. The lowest BCUT2D eigenvalue weighted by Gasteiger charge is -2.40. The van der Waals surface area contributed by atoms with Gasteiger partial charge in [-0.15, -0.1) is 0 Å². The summed E-state index contributed by atoms with van der Waals surface area (Å²) in [6.07, 6.45) is 0.686. The van der Waals surface area contributed by atoms with Crippen LogP contribution in [-0.2, 0) is 11.2 Å². The van der Waals surface area contributed by atoms with E-state index in [1.165, 1.54) is 21.1 Å². The van der Waals surface area contributed by atoms with E-state index in [4.69, 9.17) is 0 Å². The van der Waals surface area contributed by atoms with Crippen molar-refractivity contribution in [2.45, 2.75) is 12.0 Å². The van der Waals surface area contributed by atoms with E-state index in [-0.39, 0.29) is 11.4 Å². The minimum Gasteiger partial charge on any atom is -0.359 e. The maximum atomic E-state index is 13.6. The molecule has 1 amide bonds. The van der Waals surface area contributed by atoms with Crippen LogP contribution in [-0.4, -0.2) is 21.0 Å². The maximum Gasteiger partial charge on any atom is 0.221 e. The molecule has 0 saturated carbocycles. The van der Waals surface area contributed by atoms with Gasteiger partial charge in [0.2, 0.25) is 5.91 Å². The monoisotopic (exact) mass is 421 g/mol. The minimum absolute atomic E-state index is 0.0899. The number of amides is 1. The van der Waals surface area contributed by atoms with Crippen molar-refractivity contribution in [2.24, 2.45) is 0 Å². The molecule has 4 aromatic carbocycles. The largest absolute Gasteiger partial charge is 0.359 e. The summed E-state index contributed by atoms with van der Waals surface area (Å²) in [5, 5.41) is 6.74. The molecule has 0 aliphatic rings. The van der Waals surface area contributed by atoms with Crippen molar-refractivity contribution in [1.82, 2.24) is 5.32 Å². The number of nitrogens with one attached hydrogen (secondary N) is 1. The van der Waals surface area contributed by atoms with Crippen molar-refractivity contribution in [1.29, 1.82) is 0 Å². The Hall–Kier alpha value is -3.43. The predicted octanol–water partition coefficient (Wildman–Crippen LogP) is 3.52. The molecule has 0 saturated heterocycles. The molecule has 0 radical (unpaired) electrons. The van der Waals surface area contributed by atoms with Crippen LogP contribution in [0.5, 0.6) is 0 Å². The number of carbonyl (C=O) groups excluding carboxylic acids is 1. The van der Waals surface area contributed by atoms with E-state index in [9.17, 15) is 4.79 Å². The first-order valence-electron chi connectivity index (χ1n) is 10.7. The lowest BCUT2D eigenvalue weighted by atomic mass is 10.1. The van der Waals surface area contributed by atoms with Crippen LogP contribution in [0.15, 0.2) is 121 Å². The normalized spacial score (nSPS) is 12.2. The van der Waals surface area contributed by atoms with Crippen LogP contribution in [0, 0.1) is 0 Å². The fraction of sp³-hybridized carbons (Fsp3) is 0.107. The Labute approximate surface area is 185 Å². The van der Waals surface area contributed by atoms with Gasteiger partial charge in [-0.2, -0.15) is 0 Å². The van der Waals surface area contributed by atoms with Gasteiger partial charge in [0.1, 0.15) is 0 Å². The summed E-state index contributed by atoms with van der Waals surface area (Å²) in [6.45, 7) is 0. The highest BCUT2D eigenvalue weighted by atomic mass is 28.3. The predicted molar refractivity (Wildman–Crippen MR) is 132 cm³/mol. The third-order valence-electron chi connectivity index (χ3n) is 6.06. The number of hydrogen-bond donors (Lipinski definition) is 1. The number of hydrogen-bond acceptors (Lipinski definition) is 1. The number of rotatable bonds is 7. The summed E-state index contributed by atoms with van der Waals surface area (Å²) in [4.78, 5) is 13.6. The fourth-order valence-electron chi connectivity index (χ4n) is 4.67. The van der Waals surface area contributed by atoms with Gasteiger partial charge in [-0.3, -0.25) is 4.79 Å². The summed E-state index contributed by atoms with van der Waals surface area (Å²) in [6, 6.07) is 42.2. The maximum absolute atomic E-state index is 13.6. The lowest BCUT2D eigenvalue weighted by molar-refractivity contribution is -0.120. The first-order valence-corrected chi connectivity index (χ1v) is 12.8. The topological polar surface area (TPSA) is 29.1 Å². The highest BCUT2D eigenvalue weighted by molar-refractivity contribution is 7.13. The third kappa shape index (κ3) is 4.10. The molecule has 4 aromatic rings. The van der Waals surface area contributed by atoms with Crippen molar-refractivity contribution >= 4 is 29.5 Å². The lowest BCUT2D eigenvalue weighted by Crippen LogP contribution is -2.72. The molecule has 1 N–H and O–H groups in total. The van der Waals surface area contributed by atoms with E-state index in [0.717, 1.165) is 0 Å². The van der Waals surface area contributed by atoms with Crippen LogP contribution in [0.4, 0.5) is 0 Å². The van der Waals surface area contributed by atoms with Crippen molar-refractivity contribution in [3.8, 4) is 0 Å². The molecular weight excluding hydrogens is 394 g/mol. The second kappa shape index (κ2) is 9.58. The second-order valence-corrected chi connectivity index (χ2v) is 11.8. The summed E-state index contributed by atoms with van der Waals surface area (Å²) in [5.41, 5.74) is 0.975. The van der Waals surface area contributed by atoms with E-state index in [0.29, 0.717) is 6.42 Å². The van der Waals surface area contributed by atoms with Gasteiger partial charge in [-0.25, -0.2) is 0 Å². The van der Waals surface area contributed by atoms with Gasteiger partial charge in [0.15, 0.2) is 8.07 Å². The van der Waals surface area contributed by atoms with Gasteiger partial charge < -0.3 is 5.32 Å². The van der Waals surface area contributed by atoms with E-state index in [2.05, 4.69) is 90.2 Å². The molecule has 0 aliphatic heterocycles. The van der Waals surface area contributed by atoms with E-state index in [1.54, 1.807) is 7.05 Å². The summed E-state index contributed by atoms with van der Waals surface area (Å²) in [7, 11) is -0.982. The van der Waals surface area contributed by atoms with Crippen molar-refractivity contribution < 1.29 is 4.79 Å². The van der Waals surface area contributed by atoms with Crippen LogP contribution in [0.25, 0.3) is 0 Å². The highest BCUT2D eigenvalue weighted by Gasteiger charge is 2.49. The molecule has 4 rings (SSSR count). The molecule has 0 aliphatic carbocycles. The van der Waals surface area contributed by atoms with Gasteiger partial charge in [0.25, 0.3) is 0 Å². The van der Waals surface area contributed by atoms with Crippen LogP contribution in [0.2, 0.25) is 5.54 Å². The molecule has 31 heavy (non-hydrogen) atoms. The SMILES string of the molecule is CNC(=O)C(Cc1ccccc1)[Si](c1ccccc1)(c1ccccc1)c1ccccc1. The summed E-state index contributed by atoms with van der Waals surface area (Å²) in [5.74, 6) is 0.0899. The van der Waals surface area contributed by atoms with Gasteiger partial charge in [-0.05, 0) is 27.5 Å². The van der Waals surface area contributed by atoms with Crippen LogP contribution in [0.3, 0.4) is 0 Å². The quantitative estimate of drug-likeness (QED) is 0.359. The minimum atomic E-state index is -2.73. The zero-order valence-electron chi connectivity index (χ0n) is 17.7. The Morgan fingerprint density at radius 3 is 1.35 bits per heavy atom. The van der Waals surface area contributed by atoms with Crippen molar-refractivity contribution in [3.63, 3.8) is 0 Å². The average molecular weight is 422 g/mol. The summed E-state index contributed by atoms with van der Waals surface area (Å²) >= 11 is 0. The number of carbonyl (C=O) groups is 1. The first-order chi connectivity index (χ1) is 15.3. The fourth-order valence-corrected chi connectivity index (χ4v) is 10.1. The Morgan fingerprint density at radius 1 is 0.645 bits per heavy atom. The molecule has 0 heterocycles.